The maximum atomic E-state index is 15.0. The van der Waals surface area contributed by atoms with Gasteiger partial charge in [-0.25, -0.2) is 0 Å². The van der Waals surface area contributed by atoms with Crippen LogP contribution in [0.3, 0.4) is 0 Å². The smallest absolute Gasteiger partial charge is 0.309 e. The lowest BCUT2D eigenvalue weighted by atomic mass is 9.93. The molecule has 16 aromatic rings. The van der Waals surface area contributed by atoms with Crippen molar-refractivity contribution in [3.05, 3.63) is 287 Å². The summed E-state index contributed by atoms with van der Waals surface area (Å²) in [6.07, 6.45) is -14.2. The molecule has 0 saturated carbocycles. The summed E-state index contributed by atoms with van der Waals surface area (Å²) in [4.78, 5) is 0. The van der Waals surface area contributed by atoms with Gasteiger partial charge in [0.15, 0.2) is 0 Å². The summed E-state index contributed by atoms with van der Waals surface area (Å²) >= 11 is 0. The van der Waals surface area contributed by atoms with E-state index in [1.54, 1.807) is 51.6 Å². The van der Waals surface area contributed by atoms with Crippen LogP contribution in [-0.2, 0) is 18.5 Å². The minimum atomic E-state index is -4.81. The van der Waals surface area contributed by atoms with Crippen LogP contribution < -0.4 is 0 Å². The average molecular weight is 1250 g/mol. The number of para-hydroxylation sites is 4. The third kappa shape index (κ3) is 9.63. The minimum Gasteiger partial charge on any atom is -0.309 e. The van der Waals surface area contributed by atoms with E-state index in [1.165, 1.54) is 30.3 Å². The summed E-state index contributed by atoms with van der Waals surface area (Å²) in [5, 5.41) is 17.5. The van der Waals surface area contributed by atoms with Crippen molar-refractivity contribution in [3.63, 3.8) is 0 Å². The molecule has 460 valence electrons. The summed E-state index contributed by atoms with van der Waals surface area (Å²) < 4.78 is 142. The number of hydrogen-bond acceptors (Lipinski definition) is 1. The molecule has 0 amide bonds. The fourth-order valence-electron chi connectivity index (χ4n) is 14.0. The minimum absolute atomic E-state index is 0.00961. The highest BCUT2D eigenvalue weighted by molar-refractivity contribution is 6.14. The summed E-state index contributed by atoms with van der Waals surface area (Å²) in [5.41, 5.74) is 8.61. The van der Waals surface area contributed by atoms with Gasteiger partial charge in [-0.1, -0.05) is 156 Å². The van der Waals surface area contributed by atoms with E-state index >= 15 is 0 Å². The Morgan fingerprint density at radius 2 is 0.532 bits per heavy atom. The molecule has 0 bridgehead atoms. The molecule has 5 nitrogen and oxygen atoms in total. The number of alkyl halides is 9. The molecule has 0 aliphatic rings. The average Bonchev–Trinajstić information content (AvgIpc) is 1.50. The highest BCUT2D eigenvalue weighted by Crippen LogP contribution is 2.50. The van der Waals surface area contributed by atoms with Crippen LogP contribution in [0.4, 0.5) is 39.5 Å². The van der Waals surface area contributed by atoms with Crippen LogP contribution in [0.15, 0.2) is 243 Å². The molecule has 4 aromatic heterocycles. The number of fused-ring (bicyclic) bond motifs is 12. The van der Waals surface area contributed by atoms with Crippen molar-refractivity contribution in [2.75, 3.05) is 0 Å². The second-order valence-corrected chi connectivity index (χ2v) is 24.0. The number of nitriles is 1. The van der Waals surface area contributed by atoms with Crippen LogP contribution in [0.5, 0.6) is 0 Å². The van der Waals surface area contributed by atoms with Gasteiger partial charge >= 0.3 is 18.5 Å². The third-order valence-electron chi connectivity index (χ3n) is 17.9. The van der Waals surface area contributed by atoms with Crippen molar-refractivity contribution in [1.82, 2.24) is 18.3 Å². The molecule has 0 saturated heterocycles. The van der Waals surface area contributed by atoms with Gasteiger partial charge in [0, 0.05) is 54.2 Å². The Hall–Kier alpha value is -11.3. The lowest BCUT2D eigenvalue weighted by Gasteiger charge is -2.24. The standard InChI is InChI=1S/C40H26F6N2.C40H26F3N3/c1-23-15-17-34-29(19-23)26-9-4-7-13-32(26)47(34)36-21-25(39(41,42)43)22-37(38(36)28-11-3-6-12-31(28)40(44,45)46)48-33-14-8-5-10-27(33)30-20-24(2)16-18-35(30)48;1-24-15-17-35-30(19-24)27-9-4-7-13-33(27)45(35)37-21-26(23-44)22-38(39(37)29-11-3-6-12-32(29)40(41,42)43)46-34-14-8-5-10-28(34)31-20-25(2)16-18-36(31)46/h3-22H,1-2H3;3-22H,1-2H3. The number of halogens is 9. The second-order valence-electron chi connectivity index (χ2n) is 24.0. The van der Waals surface area contributed by atoms with Crippen molar-refractivity contribution in [2.45, 2.75) is 46.2 Å². The van der Waals surface area contributed by atoms with Crippen molar-refractivity contribution in [3.8, 4) is 51.1 Å². The van der Waals surface area contributed by atoms with Gasteiger partial charge in [0.1, 0.15) is 0 Å². The van der Waals surface area contributed by atoms with Crippen molar-refractivity contribution < 1.29 is 39.5 Å². The van der Waals surface area contributed by atoms with Gasteiger partial charge in [0.25, 0.3) is 0 Å². The molecule has 14 heteroatoms. The Morgan fingerprint density at radius 1 is 0.277 bits per heavy atom. The number of hydrogen-bond donors (Lipinski definition) is 0. The fraction of sp³-hybridized carbons (Fsp3) is 0.0875. The van der Waals surface area contributed by atoms with Gasteiger partial charge in [-0.2, -0.15) is 44.8 Å². The maximum Gasteiger partial charge on any atom is 0.417 e. The summed E-state index contributed by atoms with van der Waals surface area (Å²) in [5.74, 6) is 0. The fourth-order valence-corrected chi connectivity index (χ4v) is 14.0. The van der Waals surface area contributed by atoms with Gasteiger partial charge in [-0.15, -0.1) is 0 Å². The first kappa shape index (κ1) is 59.0. The van der Waals surface area contributed by atoms with E-state index in [0.29, 0.717) is 44.6 Å². The monoisotopic (exact) mass is 1250 g/mol. The van der Waals surface area contributed by atoms with Crippen LogP contribution in [0.1, 0.15) is 44.5 Å². The molecule has 0 fully saturated rings. The summed E-state index contributed by atoms with van der Waals surface area (Å²) in [7, 11) is 0. The molecule has 0 N–H and O–H groups in total. The molecule has 0 spiro atoms. The van der Waals surface area contributed by atoms with E-state index in [4.69, 9.17) is 0 Å². The first-order chi connectivity index (χ1) is 45.2. The lowest BCUT2D eigenvalue weighted by molar-refractivity contribution is -0.138. The Morgan fingerprint density at radius 3 is 0.809 bits per heavy atom. The van der Waals surface area contributed by atoms with E-state index in [0.717, 1.165) is 112 Å². The number of aryl methyl sites for hydroxylation is 4. The maximum absolute atomic E-state index is 15.0. The molecule has 12 aromatic carbocycles. The van der Waals surface area contributed by atoms with E-state index in [-0.39, 0.29) is 28.1 Å². The molecular weight excluding hydrogens is 1200 g/mol. The molecule has 94 heavy (non-hydrogen) atoms. The molecule has 0 radical (unpaired) electrons. The number of rotatable bonds is 6. The van der Waals surface area contributed by atoms with Gasteiger partial charge < -0.3 is 18.3 Å². The van der Waals surface area contributed by atoms with Gasteiger partial charge in [-0.3, -0.25) is 0 Å². The zero-order valence-electron chi connectivity index (χ0n) is 50.7. The molecule has 0 aliphatic carbocycles. The highest BCUT2D eigenvalue weighted by atomic mass is 19.4. The highest BCUT2D eigenvalue weighted by Gasteiger charge is 2.39. The third-order valence-corrected chi connectivity index (χ3v) is 17.9. The van der Waals surface area contributed by atoms with E-state index in [2.05, 4.69) is 18.2 Å². The van der Waals surface area contributed by atoms with Crippen LogP contribution in [-0.4, -0.2) is 18.3 Å². The predicted octanol–water partition coefficient (Wildman–Crippen LogP) is 23.3. The molecule has 16 rings (SSSR count). The first-order valence-electron chi connectivity index (χ1n) is 30.3. The normalized spacial score (nSPS) is 12.3. The van der Waals surface area contributed by atoms with E-state index in [1.807, 2.05) is 170 Å². The van der Waals surface area contributed by atoms with Crippen LogP contribution in [0.2, 0.25) is 0 Å². The first-order valence-corrected chi connectivity index (χ1v) is 30.3. The Balaban J connectivity index is 0.000000155. The summed E-state index contributed by atoms with van der Waals surface area (Å²) in [6, 6.07) is 72.3. The molecule has 4 heterocycles. The number of benzene rings is 12. The number of nitrogens with zero attached hydrogens (tertiary/aromatic N) is 5. The van der Waals surface area contributed by atoms with E-state index in [9.17, 15) is 44.8 Å². The van der Waals surface area contributed by atoms with Crippen LogP contribution in [0, 0.1) is 39.0 Å². The molecule has 0 aliphatic heterocycles. The molecule has 0 unspecified atom stereocenters. The van der Waals surface area contributed by atoms with Gasteiger partial charge in [0.05, 0.1) is 95.2 Å². The zero-order valence-corrected chi connectivity index (χ0v) is 50.7. The van der Waals surface area contributed by atoms with Crippen molar-refractivity contribution >= 4 is 87.2 Å². The lowest BCUT2D eigenvalue weighted by Crippen LogP contribution is -2.13. The quantitative estimate of drug-likeness (QED) is 0.153. The van der Waals surface area contributed by atoms with Crippen molar-refractivity contribution in [1.29, 1.82) is 5.26 Å². The van der Waals surface area contributed by atoms with Crippen LogP contribution >= 0.6 is 0 Å². The predicted molar refractivity (Wildman–Crippen MR) is 360 cm³/mol. The Bertz CT molecular complexity index is 5560. The molecule has 0 atom stereocenters. The SMILES string of the molecule is Cc1ccc2c(c1)c1ccccc1n2-c1cc(C#N)cc(-n2c3ccccc3c3cc(C)ccc32)c1-c1ccccc1C(F)(F)F.Cc1ccc2c(c1)c1ccccc1n2-c1cc(C(F)(F)F)cc(-n2c3ccccc3c3cc(C)ccc32)c1-c1ccccc1C(F)(F)F. The Labute approximate surface area is 532 Å². The largest absolute Gasteiger partial charge is 0.417 e. The van der Waals surface area contributed by atoms with Crippen LogP contribution in [0.25, 0.3) is 132 Å². The zero-order chi connectivity index (χ0) is 65.3. The topological polar surface area (TPSA) is 43.5 Å². The second kappa shape index (κ2) is 21.9. The van der Waals surface area contributed by atoms with Gasteiger partial charge in [-0.05, 0) is 148 Å². The number of aromatic nitrogens is 4. The van der Waals surface area contributed by atoms with Gasteiger partial charge in [0.2, 0.25) is 0 Å². The van der Waals surface area contributed by atoms with E-state index < -0.39 is 35.2 Å². The van der Waals surface area contributed by atoms with Crippen molar-refractivity contribution in [2.24, 2.45) is 0 Å². The summed E-state index contributed by atoms with van der Waals surface area (Å²) in [6.45, 7) is 7.88. The Kier molecular flexibility index (Phi) is 13.8. The molecular formula is C80H52F9N5.